The average Bonchev–Trinajstić information content (AvgIpc) is 3.43. The number of carboxylic acid groups (broad SMARTS) is 1. The average molecular weight is 347 g/mol. The van der Waals surface area contributed by atoms with E-state index < -0.39 is 11.9 Å². The SMILES string of the molecule is CCOc1ccc(C2(CNC(=O)[C@@H]3C[C@@H]3C(=O)O)CCOCC2)cc1. The fourth-order valence-electron chi connectivity index (χ4n) is 3.55. The molecule has 1 aliphatic carbocycles. The number of rotatable bonds is 7. The highest BCUT2D eigenvalue weighted by atomic mass is 16.5. The summed E-state index contributed by atoms with van der Waals surface area (Å²) in [5.41, 5.74) is 0.983. The van der Waals surface area contributed by atoms with Crippen LogP contribution in [0.25, 0.3) is 0 Å². The summed E-state index contributed by atoms with van der Waals surface area (Å²) in [6.45, 7) is 4.40. The molecule has 1 amide bonds. The topological polar surface area (TPSA) is 84.9 Å². The van der Waals surface area contributed by atoms with Gasteiger partial charge in [0.1, 0.15) is 5.75 Å². The number of ether oxygens (including phenoxy) is 2. The van der Waals surface area contributed by atoms with Crippen LogP contribution in [0.2, 0.25) is 0 Å². The molecule has 2 N–H and O–H groups in total. The smallest absolute Gasteiger partial charge is 0.307 e. The molecule has 1 aromatic carbocycles. The molecule has 0 unspecified atom stereocenters. The summed E-state index contributed by atoms with van der Waals surface area (Å²) in [6, 6.07) is 8.03. The van der Waals surface area contributed by atoms with Gasteiger partial charge in [0, 0.05) is 25.2 Å². The molecular weight excluding hydrogens is 322 g/mol. The maximum atomic E-state index is 12.2. The third kappa shape index (κ3) is 3.95. The van der Waals surface area contributed by atoms with Crippen molar-refractivity contribution in [1.29, 1.82) is 0 Å². The van der Waals surface area contributed by atoms with Gasteiger partial charge in [-0.2, -0.15) is 0 Å². The van der Waals surface area contributed by atoms with E-state index in [0.29, 0.717) is 32.8 Å². The second-order valence-corrected chi connectivity index (χ2v) is 6.85. The quantitative estimate of drug-likeness (QED) is 0.788. The first kappa shape index (κ1) is 17.7. The van der Waals surface area contributed by atoms with Gasteiger partial charge in [-0.3, -0.25) is 9.59 Å². The van der Waals surface area contributed by atoms with Gasteiger partial charge in [0.25, 0.3) is 0 Å². The first-order valence-electron chi connectivity index (χ1n) is 8.87. The Balaban J connectivity index is 1.68. The van der Waals surface area contributed by atoms with E-state index in [0.717, 1.165) is 24.2 Å². The van der Waals surface area contributed by atoms with Crippen molar-refractivity contribution in [2.24, 2.45) is 11.8 Å². The second-order valence-electron chi connectivity index (χ2n) is 6.85. The Bertz CT molecular complexity index is 621. The monoisotopic (exact) mass is 347 g/mol. The fourth-order valence-corrected chi connectivity index (χ4v) is 3.55. The molecule has 0 bridgehead atoms. The van der Waals surface area contributed by atoms with Crippen LogP contribution in [-0.4, -0.2) is 43.3 Å². The summed E-state index contributed by atoms with van der Waals surface area (Å²) < 4.78 is 11.0. The molecular formula is C19H25NO5. The van der Waals surface area contributed by atoms with Crippen LogP contribution in [0.1, 0.15) is 31.7 Å². The molecule has 136 valence electrons. The predicted octanol–water partition coefficient (Wildman–Crippen LogP) is 1.97. The summed E-state index contributed by atoms with van der Waals surface area (Å²) in [5, 5.41) is 12.0. The standard InChI is InChI=1S/C19H25NO5/c1-2-25-14-5-3-13(4-6-14)19(7-9-24-10-8-19)12-20-17(21)15-11-16(15)18(22)23/h3-6,15-16H,2,7-12H2,1H3,(H,20,21)(H,22,23)/t15-,16+/m1/s1. The van der Waals surface area contributed by atoms with Crippen molar-refractivity contribution in [3.63, 3.8) is 0 Å². The van der Waals surface area contributed by atoms with Crippen LogP contribution >= 0.6 is 0 Å². The van der Waals surface area contributed by atoms with Crippen LogP contribution in [-0.2, 0) is 19.7 Å². The summed E-state index contributed by atoms with van der Waals surface area (Å²) in [6.07, 6.45) is 2.10. The fraction of sp³-hybridized carbons (Fsp3) is 0.579. The molecule has 6 nitrogen and oxygen atoms in total. The molecule has 1 saturated carbocycles. The third-order valence-electron chi connectivity index (χ3n) is 5.27. The zero-order valence-corrected chi connectivity index (χ0v) is 14.5. The molecule has 0 radical (unpaired) electrons. The van der Waals surface area contributed by atoms with E-state index in [9.17, 15) is 9.59 Å². The van der Waals surface area contributed by atoms with Gasteiger partial charge in [-0.05, 0) is 43.9 Å². The Morgan fingerprint density at radius 3 is 2.48 bits per heavy atom. The van der Waals surface area contributed by atoms with Crippen LogP contribution in [0.4, 0.5) is 0 Å². The van der Waals surface area contributed by atoms with E-state index in [1.54, 1.807) is 0 Å². The largest absolute Gasteiger partial charge is 0.494 e. The second kappa shape index (κ2) is 7.44. The molecule has 2 fully saturated rings. The third-order valence-corrected chi connectivity index (χ3v) is 5.27. The van der Waals surface area contributed by atoms with Crippen LogP contribution in [0.3, 0.4) is 0 Å². The lowest BCUT2D eigenvalue weighted by Crippen LogP contribution is -2.45. The van der Waals surface area contributed by atoms with Gasteiger partial charge in [-0.15, -0.1) is 0 Å². The minimum atomic E-state index is -0.882. The predicted molar refractivity (Wildman–Crippen MR) is 91.6 cm³/mol. The normalized spacial score (nSPS) is 24.4. The number of carbonyl (C=O) groups excluding carboxylic acids is 1. The highest BCUT2D eigenvalue weighted by Gasteiger charge is 2.48. The molecule has 0 aromatic heterocycles. The van der Waals surface area contributed by atoms with Crippen molar-refractivity contribution in [2.75, 3.05) is 26.4 Å². The van der Waals surface area contributed by atoms with Crippen molar-refractivity contribution in [3.8, 4) is 5.75 Å². The van der Waals surface area contributed by atoms with Crippen molar-refractivity contribution < 1.29 is 24.2 Å². The number of carboxylic acids is 1. The van der Waals surface area contributed by atoms with Gasteiger partial charge in [0.15, 0.2) is 0 Å². The van der Waals surface area contributed by atoms with Gasteiger partial charge in [-0.1, -0.05) is 12.1 Å². The van der Waals surface area contributed by atoms with E-state index in [1.165, 1.54) is 0 Å². The Morgan fingerprint density at radius 2 is 1.92 bits per heavy atom. The molecule has 1 aromatic rings. The van der Waals surface area contributed by atoms with E-state index in [1.807, 2.05) is 19.1 Å². The molecule has 3 rings (SSSR count). The highest BCUT2D eigenvalue weighted by molar-refractivity contribution is 5.89. The van der Waals surface area contributed by atoms with E-state index in [4.69, 9.17) is 14.6 Å². The number of amides is 1. The summed E-state index contributed by atoms with van der Waals surface area (Å²) >= 11 is 0. The zero-order chi connectivity index (χ0) is 17.9. The van der Waals surface area contributed by atoms with Crippen LogP contribution in [0, 0.1) is 11.8 Å². The van der Waals surface area contributed by atoms with Crippen LogP contribution < -0.4 is 10.1 Å². The maximum Gasteiger partial charge on any atom is 0.307 e. The molecule has 0 spiro atoms. The summed E-state index contributed by atoms with van der Waals surface area (Å²) in [4.78, 5) is 23.2. The first-order valence-corrected chi connectivity index (χ1v) is 8.87. The van der Waals surface area contributed by atoms with E-state index in [2.05, 4.69) is 17.4 Å². The van der Waals surface area contributed by atoms with Crippen molar-refractivity contribution in [1.82, 2.24) is 5.32 Å². The first-order chi connectivity index (χ1) is 12.1. The molecule has 6 heteroatoms. The molecule has 2 atom stereocenters. The van der Waals surface area contributed by atoms with Crippen molar-refractivity contribution in [3.05, 3.63) is 29.8 Å². The highest BCUT2D eigenvalue weighted by Crippen LogP contribution is 2.40. The number of carbonyl (C=O) groups is 2. The van der Waals surface area contributed by atoms with Crippen LogP contribution in [0.5, 0.6) is 5.75 Å². The lowest BCUT2D eigenvalue weighted by atomic mass is 9.74. The number of hydrogen-bond donors (Lipinski definition) is 2. The van der Waals surface area contributed by atoms with Gasteiger partial charge >= 0.3 is 5.97 Å². The Labute approximate surface area is 147 Å². The molecule has 1 aliphatic heterocycles. The van der Waals surface area contributed by atoms with Crippen molar-refractivity contribution >= 4 is 11.9 Å². The van der Waals surface area contributed by atoms with E-state index >= 15 is 0 Å². The Morgan fingerprint density at radius 1 is 1.24 bits per heavy atom. The van der Waals surface area contributed by atoms with E-state index in [-0.39, 0.29) is 17.2 Å². The Hall–Kier alpha value is -2.08. The number of aliphatic carboxylic acids is 1. The molecule has 1 saturated heterocycles. The minimum absolute atomic E-state index is 0.149. The van der Waals surface area contributed by atoms with Gasteiger partial charge in [0.05, 0.1) is 18.4 Å². The number of benzene rings is 1. The Kier molecular flexibility index (Phi) is 5.27. The molecule has 2 aliphatic rings. The van der Waals surface area contributed by atoms with Gasteiger partial charge in [-0.25, -0.2) is 0 Å². The number of nitrogens with one attached hydrogen (secondary N) is 1. The van der Waals surface area contributed by atoms with Gasteiger partial charge < -0.3 is 19.9 Å². The lowest BCUT2D eigenvalue weighted by Gasteiger charge is -2.38. The van der Waals surface area contributed by atoms with Crippen LogP contribution in [0.15, 0.2) is 24.3 Å². The van der Waals surface area contributed by atoms with Gasteiger partial charge in [0.2, 0.25) is 5.91 Å². The lowest BCUT2D eigenvalue weighted by molar-refractivity contribution is -0.140. The minimum Gasteiger partial charge on any atom is -0.494 e. The zero-order valence-electron chi connectivity index (χ0n) is 14.5. The summed E-state index contributed by atoms with van der Waals surface area (Å²) in [7, 11) is 0. The maximum absolute atomic E-state index is 12.2. The summed E-state index contributed by atoms with van der Waals surface area (Å²) in [5.74, 6) is -1.10. The van der Waals surface area contributed by atoms with Crippen molar-refractivity contribution in [2.45, 2.75) is 31.6 Å². The number of hydrogen-bond acceptors (Lipinski definition) is 4. The molecule has 25 heavy (non-hydrogen) atoms. The molecule has 1 heterocycles.